The Bertz CT molecular complexity index is 291. The van der Waals surface area contributed by atoms with Crippen LogP contribution in [0.5, 0.6) is 0 Å². The van der Waals surface area contributed by atoms with E-state index in [0.29, 0.717) is 17.7 Å². The van der Waals surface area contributed by atoms with Gasteiger partial charge >= 0.3 is 0 Å². The molecule has 1 unspecified atom stereocenters. The summed E-state index contributed by atoms with van der Waals surface area (Å²) < 4.78 is 5.03. The Balaban J connectivity index is 2.86. The molecule has 0 aliphatic carbocycles. The normalized spacial score (nSPS) is 13.5. The SMILES string of the molecule is CCC(C)Cc1noc(N)c1C(C)C. The second-order valence-corrected chi connectivity index (χ2v) is 4.28. The molecule has 0 spiro atoms. The van der Waals surface area contributed by atoms with Gasteiger partial charge < -0.3 is 10.3 Å². The molecule has 1 aromatic rings. The second kappa shape index (κ2) is 4.49. The fourth-order valence-electron chi connectivity index (χ4n) is 1.58. The molecule has 0 bridgehead atoms. The van der Waals surface area contributed by atoms with E-state index in [9.17, 15) is 0 Å². The number of rotatable bonds is 4. The van der Waals surface area contributed by atoms with Crippen molar-refractivity contribution in [2.24, 2.45) is 5.92 Å². The fourth-order valence-corrected chi connectivity index (χ4v) is 1.58. The average molecular weight is 196 g/mol. The molecule has 14 heavy (non-hydrogen) atoms. The summed E-state index contributed by atoms with van der Waals surface area (Å²) in [6.07, 6.45) is 2.12. The first kappa shape index (κ1) is 11.1. The van der Waals surface area contributed by atoms with Crippen molar-refractivity contribution >= 4 is 5.88 Å². The number of nitrogens with two attached hydrogens (primary N) is 1. The maximum absolute atomic E-state index is 5.73. The van der Waals surface area contributed by atoms with Crippen molar-refractivity contribution in [2.75, 3.05) is 5.73 Å². The molecule has 1 rings (SSSR count). The Morgan fingerprint density at radius 1 is 1.36 bits per heavy atom. The zero-order valence-corrected chi connectivity index (χ0v) is 9.50. The van der Waals surface area contributed by atoms with Crippen LogP contribution in [0.4, 0.5) is 5.88 Å². The molecule has 0 aliphatic rings. The van der Waals surface area contributed by atoms with Gasteiger partial charge in [0.15, 0.2) is 0 Å². The van der Waals surface area contributed by atoms with Crippen molar-refractivity contribution in [1.82, 2.24) is 5.16 Å². The molecule has 80 valence electrons. The number of anilines is 1. The van der Waals surface area contributed by atoms with E-state index in [1.54, 1.807) is 0 Å². The van der Waals surface area contributed by atoms with Crippen LogP contribution in [0.2, 0.25) is 0 Å². The van der Waals surface area contributed by atoms with Gasteiger partial charge in [-0.05, 0) is 18.3 Å². The summed E-state index contributed by atoms with van der Waals surface area (Å²) in [6.45, 7) is 8.63. The van der Waals surface area contributed by atoms with E-state index in [1.165, 1.54) is 0 Å². The molecule has 0 radical (unpaired) electrons. The first-order chi connectivity index (χ1) is 6.56. The summed E-state index contributed by atoms with van der Waals surface area (Å²) in [5.41, 5.74) is 7.85. The molecule has 1 heterocycles. The summed E-state index contributed by atoms with van der Waals surface area (Å²) in [5.74, 6) is 1.51. The minimum absolute atomic E-state index is 0.389. The summed E-state index contributed by atoms with van der Waals surface area (Å²) >= 11 is 0. The lowest BCUT2D eigenvalue weighted by molar-refractivity contribution is 0.418. The number of nitrogen functional groups attached to an aromatic ring is 1. The van der Waals surface area contributed by atoms with E-state index in [-0.39, 0.29) is 0 Å². The number of aromatic nitrogens is 1. The van der Waals surface area contributed by atoms with Crippen molar-refractivity contribution in [3.63, 3.8) is 0 Å². The minimum atomic E-state index is 0.389. The Labute approximate surface area is 85.7 Å². The molecule has 0 amide bonds. The summed E-state index contributed by atoms with van der Waals surface area (Å²) in [6, 6.07) is 0. The zero-order chi connectivity index (χ0) is 10.7. The smallest absolute Gasteiger partial charge is 0.225 e. The van der Waals surface area contributed by atoms with Crippen LogP contribution >= 0.6 is 0 Å². The second-order valence-electron chi connectivity index (χ2n) is 4.28. The maximum atomic E-state index is 5.73. The molecule has 1 aromatic heterocycles. The molecule has 1 atom stereocenters. The molecule has 2 N–H and O–H groups in total. The van der Waals surface area contributed by atoms with E-state index in [1.807, 2.05) is 0 Å². The van der Waals surface area contributed by atoms with Crippen LogP contribution in [0, 0.1) is 5.92 Å². The molecule has 0 saturated carbocycles. The Morgan fingerprint density at radius 2 is 2.00 bits per heavy atom. The highest BCUT2D eigenvalue weighted by Gasteiger charge is 2.17. The van der Waals surface area contributed by atoms with Crippen LogP contribution in [-0.4, -0.2) is 5.16 Å². The Morgan fingerprint density at radius 3 is 2.50 bits per heavy atom. The molecule has 3 heteroatoms. The Hall–Kier alpha value is -0.990. The fraction of sp³-hybridized carbons (Fsp3) is 0.727. The van der Waals surface area contributed by atoms with Crippen LogP contribution in [-0.2, 0) is 6.42 Å². The number of hydrogen-bond acceptors (Lipinski definition) is 3. The molecule has 0 fully saturated rings. The van der Waals surface area contributed by atoms with E-state index in [0.717, 1.165) is 24.1 Å². The van der Waals surface area contributed by atoms with Crippen molar-refractivity contribution in [2.45, 2.75) is 46.5 Å². The third kappa shape index (κ3) is 2.28. The van der Waals surface area contributed by atoms with E-state index < -0.39 is 0 Å². The lowest BCUT2D eigenvalue weighted by atomic mass is 9.96. The molecule has 0 aromatic carbocycles. The number of hydrogen-bond donors (Lipinski definition) is 1. The minimum Gasteiger partial charge on any atom is -0.367 e. The highest BCUT2D eigenvalue weighted by Crippen LogP contribution is 2.27. The van der Waals surface area contributed by atoms with Crippen LogP contribution in [0.3, 0.4) is 0 Å². The summed E-state index contributed by atoms with van der Waals surface area (Å²) in [5, 5.41) is 4.02. The zero-order valence-electron chi connectivity index (χ0n) is 9.50. The maximum Gasteiger partial charge on any atom is 0.225 e. The third-order valence-electron chi connectivity index (χ3n) is 2.65. The quantitative estimate of drug-likeness (QED) is 0.805. The lowest BCUT2D eigenvalue weighted by Gasteiger charge is -2.08. The predicted molar refractivity (Wildman–Crippen MR) is 58.2 cm³/mol. The van der Waals surface area contributed by atoms with Gasteiger partial charge in [0.2, 0.25) is 5.88 Å². The van der Waals surface area contributed by atoms with Gasteiger partial charge in [-0.15, -0.1) is 0 Å². The standard InChI is InChI=1S/C11H20N2O/c1-5-8(4)6-9-10(7(2)3)11(12)14-13-9/h7-8H,5-6,12H2,1-4H3. The summed E-state index contributed by atoms with van der Waals surface area (Å²) in [7, 11) is 0. The topological polar surface area (TPSA) is 52.0 Å². The van der Waals surface area contributed by atoms with Crippen molar-refractivity contribution in [1.29, 1.82) is 0 Å². The van der Waals surface area contributed by atoms with Gasteiger partial charge in [0.1, 0.15) is 0 Å². The first-order valence-corrected chi connectivity index (χ1v) is 5.30. The van der Waals surface area contributed by atoms with Crippen LogP contribution < -0.4 is 5.73 Å². The Kier molecular flexibility index (Phi) is 3.55. The highest BCUT2D eigenvalue weighted by molar-refractivity contribution is 5.41. The van der Waals surface area contributed by atoms with Gasteiger partial charge in [0.25, 0.3) is 0 Å². The lowest BCUT2D eigenvalue weighted by Crippen LogP contribution is -2.03. The van der Waals surface area contributed by atoms with Gasteiger partial charge in [0.05, 0.1) is 5.69 Å². The molecule has 3 nitrogen and oxygen atoms in total. The van der Waals surface area contributed by atoms with Crippen LogP contribution in [0.25, 0.3) is 0 Å². The van der Waals surface area contributed by atoms with Gasteiger partial charge in [0, 0.05) is 5.56 Å². The summed E-state index contributed by atoms with van der Waals surface area (Å²) in [4.78, 5) is 0. The number of nitrogens with zero attached hydrogens (tertiary/aromatic N) is 1. The molecule has 0 saturated heterocycles. The highest BCUT2D eigenvalue weighted by atomic mass is 16.5. The van der Waals surface area contributed by atoms with Gasteiger partial charge in [-0.2, -0.15) is 0 Å². The van der Waals surface area contributed by atoms with Crippen molar-refractivity contribution in [3.05, 3.63) is 11.3 Å². The van der Waals surface area contributed by atoms with E-state index in [2.05, 4.69) is 32.9 Å². The van der Waals surface area contributed by atoms with Gasteiger partial charge in [-0.25, -0.2) is 0 Å². The van der Waals surface area contributed by atoms with Gasteiger partial charge in [-0.1, -0.05) is 39.3 Å². The average Bonchev–Trinajstić information content (AvgIpc) is 2.46. The monoisotopic (exact) mass is 196 g/mol. The molecular formula is C11H20N2O. The first-order valence-electron chi connectivity index (χ1n) is 5.30. The predicted octanol–water partition coefficient (Wildman–Crippen LogP) is 2.97. The van der Waals surface area contributed by atoms with Crippen molar-refractivity contribution < 1.29 is 4.52 Å². The van der Waals surface area contributed by atoms with Crippen LogP contribution in [0.1, 0.15) is 51.3 Å². The van der Waals surface area contributed by atoms with E-state index >= 15 is 0 Å². The van der Waals surface area contributed by atoms with Crippen molar-refractivity contribution in [3.8, 4) is 0 Å². The van der Waals surface area contributed by atoms with Gasteiger partial charge in [-0.3, -0.25) is 0 Å². The molecule has 0 aliphatic heterocycles. The van der Waals surface area contributed by atoms with Crippen LogP contribution in [0.15, 0.2) is 4.52 Å². The third-order valence-corrected chi connectivity index (χ3v) is 2.65. The molecular weight excluding hydrogens is 176 g/mol. The van der Waals surface area contributed by atoms with E-state index in [4.69, 9.17) is 10.3 Å². The largest absolute Gasteiger partial charge is 0.367 e.